The van der Waals surface area contributed by atoms with Gasteiger partial charge in [-0.15, -0.1) is 0 Å². The molecule has 1 aliphatic rings. The highest BCUT2D eigenvalue weighted by atomic mass is 35.5. The minimum absolute atomic E-state index is 0.189. The van der Waals surface area contributed by atoms with Gasteiger partial charge in [0.15, 0.2) is 0 Å². The lowest BCUT2D eigenvalue weighted by Gasteiger charge is -2.24. The van der Waals surface area contributed by atoms with Crippen LogP contribution < -0.4 is 4.74 Å². The maximum atomic E-state index is 12.4. The molecule has 1 saturated heterocycles. The number of nitrogens with zero attached hydrogens (tertiary/aromatic N) is 3. The Morgan fingerprint density at radius 2 is 1.55 bits per heavy atom. The predicted octanol–water partition coefficient (Wildman–Crippen LogP) is 6.51. The van der Waals surface area contributed by atoms with Gasteiger partial charge in [0.1, 0.15) is 17.4 Å². The third-order valence-electron chi connectivity index (χ3n) is 5.07. The van der Waals surface area contributed by atoms with Crippen LogP contribution in [-0.2, 0) is 4.74 Å². The summed E-state index contributed by atoms with van der Waals surface area (Å²) in [6.45, 7) is 6.56. The lowest BCUT2D eigenvalue weighted by Crippen LogP contribution is -2.36. The first-order chi connectivity index (χ1) is 15.7. The van der Waals surface area contributed by atoms with E-state index >= 15 is 0 Å². The van der Waals surface area contributed by atoms with E-state index in [9.17, 15) is 4.79 Å². The van der Waals surface area contributed by atoms with Crippen molar-refractivity contribution in [1.29, 1.82) is 0 Å². The number of aromatic nitrogens is 2. The molecule has 1 aromatic heterocycles. The third kappa shape index (κ3) is 5.95. The fourth-order valence-corrected chi connectivity index (χ4v) is 3.80. The van der Waals surface area contributed by atoms with Gasteiger partial charge in [0.2, 0.25) is 5.88 Å². The zero-order chi connectivity index (χ0) is 23.6. The van der Waals surface area contributed by atoms with Gasteiger partial charge in [0.05, 0.1) is 18.4 Å². The Morgan fingerprint density at radius 1 is 0.970 bits per heavy atom. The number of carbonyl (C=O) groups excluding carboxylic acids is 1. The molecule has 6 nitrogen and oxygen atoms in total. The van der Waals surface area contributed by atoms with Gasteiger partial charge in [-0.1, -0.05) is 47.5 Å². The molecule has 2 aromatic carbocycles. The molecule has 0 radical (unpaired) electrons. The van der Waals surface area contributed by atoms with Gasteiger partial charge in [-0.2, -0.15) is 0 Å². The van der Waals surface area contributed by atoms with E-state index in [4.69, 9.17) is 37.7 Å². The van der Waals surface area contributed by atoms with Gasteiger partial charge in [0, 0.05) is 34.1 Å². The fraction of sp³-hybridized carbons (Fsp3) is 0.320. The quantitative estimate of drug-likeness (QED) is 0.421. The largest absolute Gasteiger partial charge is 0.471 e. The van der Waals surface area contributed by atoms with Crippen LogP contribution in [0.1, 0.15) is 27.2 Å². The second-order valence-corrected chi connectivity index (χ2v) is 9.75. The molecule has 8 heteroatoms. The second kappa shape index (κ2) is 9.57. The Bertz CT molecular complexity index is 1130. The lowest BCUT2D eigenvalue weighted by molar-refractivity contribution is 0.0275. The molecule has 1 fully saturated rings. The van der Waals surface area contributed by atoms with E-state index < -0.39 is 5.60 Å². The molecule has 33 heavy (non-hydrogen) atoms. The Labute approximate surface area is 203 Å². The number of carbonyl (C=O) groups is 1. The number of amides is 1. The second-order valence-electron chi connectivity index (χ2n) is 8.87. The topological polar surface area (TPSA) is 64.5 Å². The zero-order valence-corrected chi connectivity index (χ0v) is 20.2. The smallest absolute Gasteiger partial charge is 0.410 e. The van der Waals surface area contributed by atoms with Crippen LogP contribution in [-0.4, -0.2) is 45.8 Å². The van der Waals surface area contributed by atoms with Crippen molar-refractivity contribution in [3.05, 3.63) is 64.8 Å². The molecule has 4 rings (SSSR count). The number of rotatable bonds is 4. The SMILES string of the molecule is CC(C)(C)OC(=O)N1CCC(Oc2cnc(-c3ccc(Cl)cc3)c(-c3ccc(Cl)cc3)n2)C1. The number of ether oxygens (including phenoxy) is 2. The summed E-state index contributed by atoms with van der Waals surface area (Å²) in [5.74, 6) is 0.397. The summed E-state index contributed by atoms with van der Waals surface area (Å²) in [6.07, 6.45) is 1.78. The Balaban J connectivity index is 1.57. The number of hydrogen-bond donors (Lipinski definition) is 0. The molecule has 172 valence electrons. The first-order valence-corrected chi connectivity index (χ1v) is 11.5. The Morgan fingerprint density at radius 3 is 2.12 bits per heavy atom. The van der Waals surface area contributed by atoms with Gasteiger partial charge in [-0.3, -0.25) is 0 Å². The van der Waals surface area contributed by atoms with Crippen LogP contribution in [0.3, 0.4) is 0 Å². The van der Waals surface area contributed by atoms with Crippen LogP contribution in [0.2, 0.25) is 10.0 Å². The molecular formula is C25H25Cl2N3O3. The van der Waals surface area contributed by atoms with E-state index in [-0.39, 0.29) is 12.2 Å². The third-order valence-corrected chi connectivity index (χ3v) is 5.57. The maximum Gasteiger partial charge on any atom is 0.410 e. The van der Waals surface area contributed by atoms with E-state index in [0.29, 0.717) is 46.8 Å². The number of benzene rings is 2. The summed E-state index contributed by atoms with van der Waals surface area (Å²) in [6, 6.07) is 14.9. The molecule has 2 heterocycles. The number of likely N-dealkylation sites (tertiary alicyclic amines) is 1. The summed E-state index contributed by atoms with van der Waals surface area (Å²) < 4.78 is 11.6. The molecule has 0 saturated carbocycles. The number of hydrogen-bond acceptors (Lipinski definition) is 5. The standard InChI is InChI=1S/C25H25Cl2N3O3/c1-25(2,3)33-24(31)30-13-12-20(15-30)32-21-14-28-22(16-4-8-18(26)9-5-16)23(29-21)17-6-10-19(27)11-7-17/h4-11,14,20H,12-13,15H2,1-3H3. The Hall–Kier alpha value is -2.83. The van der Waals surface area contributed by atoms with Crippen LogP contribution in [0.5, 0.6) is 5.88 Å². The summed E-state index contributed by atoms with van der Waals surface area (Å²) in [5.41, 5.74) is 2.60. The molecule has 1 unspecified atom stereocenters. The van der Waals surface area contributed by atoms with Crippen molar-refractivity contribution in [3.63, 3.8) is 0 Å². The van der Waals surface area contributed by atoms with Crippen molar-refractivity contribution in [3.8, 4) is 28.4 Å². The van der Waals surface area contributed by atoms with Crippen molar-refractivity contribution < 1.29 is 14.3 Å². The Kier molecular flexibility index (Phi) is 6.77. The molecule has 3 aromatic rings. The van der Waals surface area contributed by atoms with E-state index in [1.54, 1.807) is 11.1 Å². The van der Waals surface area contributed by atoms with Crippen molar-refractivity contribution in [2.45, 2.75) is 38.9 Å². The van der Waals surface area contributed by atoms with Crippen molar-refractivity contribution in [1.82, 2.24) is 14.9 Å². The average molecular weight is 486 g/mol. The minimum atomic E-state index is -0.535. The molecule has 1 atom stereocenters. The first-order valence-electron chi connectivity index (χ1n) is 10.7. The maximum absolute atomic E-state index is 12.4. The highest BCUT2D eigenvalue weighted by molar-refractivity contribution is 6.31. The average Bonchev–Trinajstić information content (AvgIpc) is 3.23. The minimum Gasteiger partial charge on any atom is -0.471 e. The van der Waals surface area contributed by atoms with Gasteiger partial charge >= 0.3 is 6.09 Å². The molecular weight excluding hydrogens is 461 g/mol. The van der Waals surface area contributed by atoms with Crippen LogP contribution >= 0.6 is 23.2 Å². The summed E-state index contributed by atoms with van der Waals surface area (Å²) in [4.78, 5) is 23.4. The van der Waals surface area contributed by atoms with E-state index in [0.717, 1.165) is 11.1 Å². The van der Waals surface area contributed by atoms with Crippen LogP contribution in [0.25, 0.3) is 22.5 Å². The van der Waals surface area contributed by atoms with Gasteiger partial charge < -0.3 is 14.4 Å². The van der Waals surface area contributed by atoms with E-state index in [1.807, 2.05) is 69.3 Å². The molecule has 1 aliphatic heterocycles. The summed E-state index contributed by atoms with van der Waals surface area (Å²) in [7, 11) is 0. The molecule has 0 aliphatic carbocycles. The van der Waals surface area contributed by atoms with Crippen LogP contribution in [0, 0.1) is 0 Å². The molecule has 0 spiro atoms. The molecule has 1 amide bonds. The molecule has 0 bridgehead atoms. The monoisotopic (exact) mass is 485 g/mol. The predicted molar refractivity (Wildman–Crippen MR) is 130 cm³/mol. The van der Waals surface area contributed by atoms with E-state index in [2.05, 4.69) is 4.98 Å². The van der Waals surface area contributed by atoms with Gasteiger partial charge in [-0.05, 0) is 45.0 Å². The van der Waals surface area contributed by atoms with Crippen molar-refractivity contribution >= 4 is 29.3 Å². The summed E-state index contributed by atoms with van der Waals surface area (Å²) in [5, 5.41) is 1.29. The van der Waals surface area contributed by atoms with Crippen molar-refractivity contribution in [2.75, 3.05) is 13.1 Å². The van der Waals surface area contributed by atoms with Gasteiger partial charge in [-0.25, -0.2) is 14.8 Å². The molecule has 0 N–H and O–H groups in total. The van der Waals surface area contributed by atoms with Crippen LogP contribution in [0.15, 0.2) is 54.7 Å². The zero-order valence-electron chi connectivity index (χ0n) is 18.7. The highest BCUT2D eigenvalue weighted by Gasteiger charge is 2.31. The fourth-order valence-electron chi connectivity index (χ4n) is 3.55. The summed E-state index contributed by atoms with van der Waals surface area (Å²) >= 11 is 12.1. The van der Waals surface area contributed by atoms with E-state index in [1.165, 1.54) is 0 Å². The van der Waals surface area contributed by atoms with Crippen LogP contribution in [0.4, 0.5) is 4.79 Å². The normalized spacial score (nSPS) is 16.0. The lowest BCUT2D eigenvalue weighted by atomic mass is 10.0. The van der Waals surface area contributed by atoms with Crippen molar-refractivity contribution in [2.24, 2.45) is 0 Å². The van der Waals surface area contributed by atoms with Gasteiger partial charge in [0.25, 0.3) is 0 Å². The first kappa shape index (κ1) is 23.3. The number of halogens is 2. The highest BCUT2D eigenvalue weighted by Crippen LogP contribution is 2.32.